The molecule has 0 aliphatic carbocycles. The number of hydrogen-bond donors (Lipinski definition) is 2. The Morgan fingerprint density at radius 1 is 1.38 bits per heavy atom. The first-order valence-electron chi connectivity index (χ1n) is 7.81. The van der Waals surface area contributed by atoms with E-state index in [0.717, 1.165) is 11.8 Å². The van der Waals surface area contributed by atoms with Crippen LogP contribution in [0.25, 0.3) is 6.08 Å². The molecule has 0 bridgehead atoms. The molecule has 140 valence electrons. The van der Waals surface area contributed by atoms with Crippen molar-refractivity contribution in [2.45, 2.75) is 18.6 Å². The lowest BCUT2D eigenvalue weighted by Gasteiger charge is -2.24. The summed E-state index contributed by atoms with van der Waals surface area (Å²) in [6.07, 6.45) is -2.30. The number of alkyl halides is 3. The van der Waals surface area contributed by atoms with Crippen molar-refractivity contribution in [3.05, 3.63) is 28.7 Å². The topological polar surface area (TPSA) is 84.7 Å². The van der Waals surface area contributed by atoms with E-state index in [1.807, 2.05) is 4.90 Å². The minimum atomic E-state index is -4.47. The average molecular weight is 387 g/mol. The van der Waals surface area contributed by atoms with Crippen molar-refractivity contribution in [1.82, 2.24) is 5.32 Å². The molecular formula is C16H16F3N3O3S. The molecule has 10 heteroatoms. The number of halogens is 3. The van der Waals surface area contributed by atoms with Crippen LogP contribution >= 0.6 is 11.8 Å². The predicted octanol–water partition coefficient (Wildman–Crippen LogP) is 2.49. The summed E-state index contributed by atoms with van der Waals surface area (Å²) >= 11 is 0.741. The van der Waals surface area contributed by atoms with Crippen molar-refractivity contribution in [2.75, 3.05) is 24.6 Å². The van der Waals surface area contributed by atoms with Gasteiger partial charge in [-0.15, -0.1) is 0 Å². The molecule has 1 unspecified atom stereocenters. The van der Waals surface area contributed by atoms with Crippen LogP contribution in [-0.4, -0.2) is 43.1 Å². The van der Waals surface area contributed by atoms with E-state index < -0.39 is 23.9 Å². The van der Waals surface area contributed by atoms with Crippen LogP contribution in [0.2, 0.25) is 0 Å². The molecule has 0 saturated carbocycles. The molecular weight excluding hydrogens is 371 g/mol. The molecule has 0 aromatic heterocycles. The normalized spacial score (nSPS) is 22.2. The highest BCUT2D eigenvalue weighted by Crippen LogP contribution is 2.38. The van der Waals surface area contributed by atoms with Gasteiger partial charge in [0.1, 0.15) is 5.75 Å². The van der Waals surface area contributed by atoms with Crippen LogP contribution in [0.5, 0.6) is 5.75 Å². The lowest BCUT2D eigenvalue weighted by Crippen LogP contribution is -2.28. The van der Waals surface area contributed by atoms with Gasteiger partial charge in [0, 0.05) is 24.7 Å². The van der Waals surface area contributed by atoms with Crippen molar-refractivity contribution in [3.8, 4) is 5.75 Å². The number of anilines is 1. The molecule has 2 aliphatic rings. The maximum Gasteiger partial charge on any atom is 0.422 e. The van der Waals surface area contributed by atoms with Crippen LogP contribution in [-0.2, 0) is 4.79 Å². The van der Waals surface area contributed by atoms with Gasteiger partial charge in [0.15, 0.2) is 6.61 Å². The van der Waals surface area contributed by atoms with Crippen LogP contribution in [0.15, 0.2) is 23.1 Å². The van der Waals surface area contributed by atoms with Gasteiger partial charge in [0.2, 0.25) is 0 Å². The van der Waals surface area contributed by atoms with Gasteiger partial charge in [-0.2, -0.15) is 13.2 Å². The van der Waals surface area contributed by atoms with E-state index >= 15 is 0 Å². The molecule has 2 fully saturated rings. The molecule has 0 radical (unpaired) electrons. The van der Waals surface area contributed by atoms with Crippen molar-refractivity contribution >= 4 is 34.7 Å². The minimum absolute atomic E-state index is 0.0560. The lowest BCUT2D eigenvalue weighted by atomic mass is 10.1. The maximum absolute atomic E-state index is 12.6. The first-order chi connectivity index (χ1) is 12.2. The highest BCUT2D eigenvalue weighted by Gasteiger charge is 2.31. The first-order valence-corrected chi connectivity index (χ1v) is 8.62. The number of carbonyl (C=O) groups excluding carboxylic acids is 2. The van der Waals surface area contributed by atoms with Crippen molar-refractivity contribution in [2.24, 2.45) is 5.73 Å². The van der Waals surface area contributed by atoms with E-state index in [2.05, 4.69) is 5.32 Å². The maximum atomic E-state index is 12.6. The van der Waals surface area contributed by atoms with Crippen molar-refractivity contribution in [3.63, 3.8) is 0 Å². The SMILES string of the molecule is NC1CCN(c2c(/C=C3/SC(=O)NC3=O)cccc2OCC(F)(F)F)C1. The molecule has 0 spiro atoms. The Bertz CT molecular complexity index is 767. The number of para-hydroxylation sites is 1. The monoisotopic (exact) mass is 387 g/mol. The summed E-state index contributed by atoms with van der Waals surface area (Å²) < 4.78 is 42.7. The lowest BCUT2D eigenvalue weighted by molar-refractivity contribution is -0.153. The Kier molecular flexibility index (Phi) is 5.15. The Balaban J connectivity index is 1.99. The fraction of sp³-hybridized carbons (Fsp3) is 0.375. The first kappa shape index (κ1) is 18.6. The van der Waals surface area contributed by atoms with Crippen LogP contribution in [0.3, 0.4) is 0 Å². The van der Waals surface area contributed by atoms with Crippen molar-refractivity contribution < 1.29 is 27.5 Å². The number of amides is 2. The third-order valence-corrected chi connectivity index (χ3v) is 4.70. The zero-order valence-electron chi connectivity index (χ0n) is 13.5. The number of nitrogens with zero attached hydrogens (tertiary/aromatic N) is 1. The summed E-state index contributed by atoms with van der Waals surface area (Å²) in [7, 11) is 0. The number of nitrogens with two attached hydrogens (primary N) is 1. The second kappa shape index (κ2) is 7.20. The Morgan fingerprint density at radius 2 is 2.15 bits per heavy atom. The summed E-state index contributed by atoms with van der Waals surface area (Å²) in [6, 6.07) is 4.54. The summed E-state index contributed by atoms with van der Waals surface area (Å²) in [4.78, 5) is 25.1. The van der Waals surface area contributed by atoms with E-state index in [1.54, 1.807) is 6.07 Å². The smallest absolute Gasteiger partial charge is 0.422 e. The van der Waals surface area contributed by atoms with Crippen LogP contribution in [0, 0.1) is 0 Å². The summed E-state index contributed by atoms with van der Waals surface area (Å²) in [6.45, 7) is -0.406. The Labute approximate surface area is 151 Å². The molecule has 2 amide bonds. The molecule has 1 atom stereocenters. The quantitative estimate of drug-likeness (QED) is 0.773. The largest absolute Gasteiger partial charge is 0.482 e. The van der Waals surface area contributed by atoms with Gasteiger partial charge in [-0.05, 0) is 30.3 Å². The fourth-order valence-electron chi connectivity index (χ4n) is 2.82. The van der Waals surface area contributed by atoms with Gasteiger partial charge in [-0.3, -0.25) is 14.9 Å². The summed E-state index contributed by atoms with van der Waals surface area (Å²) in [5.74, 6) is -0.480. The minimum Gasteiger partial charge on any atom is -0.482 e. The van der Waals surface area contributed by atoms with Crippen molar-refractivity contribution in [1.29, 1.82) is 0 Å². The standard InChI is InChI=1S/C16H16F3N3O3S/c17-16(18,19)8-25-11-3-1-2-9(6-12-14(23)21-15(24)26-12)13(11)22-5-4-10(20)7-22/h1-3,6,10H,4-5,7-8,20H2,(H,21,23,24)/b12-6+. The molecule has 6 nitrogen and oxygen atoms in total. The molecule has 3 N–H and O–H groups in total. The summed E-state index contributed by atoms with van der Waals surface area (Å²) in [5, 5.41) is 1.66. The van der Waals surface area contributed by atoms with E-state index in [1.165, 1.54) is 18.2 Å². The molecule has 1 aromatic carbocycles. The molecule has 1 aromatic rings. The second-order valence-electron chi connectivity index (χ2n) is 5.94. The van der Waals surface area contributed by atoms with Gasteiger partial charge >= 0.3 is 6.18 Å². The zero-order valence-corrected chi connectivity index (χ0v) is 14.3. The number of benzene rings is 1. The highest BCUT2D eigenvalue weighted by molar-refractivity contribution is 8.18. The number of thioether (sulfide) groups is 1. The average Bonchev–Trinajstić information content (AvgIpc) is 3.10. The van der Waals surface area contributed by atoms with Crippen LogP contribution in [0.4, 0.5) is 23.7 Å². The zero-order chi connectivity index (χ0) is 18.9. The number of carbonyl (C=O) groups is 2. The third kappa shape index (κ3) is 4.31. The van der Waals surface area contributed by atoms with Gasteiger partial charge < -0.3 is 15.4 Å². The molecule has 2 heterocycles. The number of hydrogen-bond acceptors (Lipinski definition) is 6. The van der Waals surface area contributed by atoms with Gasteiger partial charge in [-0.1, -0.05) is 12.1 Å². The molecule has 3 rings (SSSR count). The molecule has 2 saturated heterocycles. The molecule has 2 aliphatic heterocycles. The third-order valence-electron chi connectivity index (χ3n) is 3.89. The Morgan fingerprint density at radius 3 is 2.73 bits per heavy atom. The number of imide groups is 1. The van der Waals surface area contributed by atoms with Crippen LogP contribution in [0.1, 0.15) is 12.0 Å². The predicted molar refractivity (Wildman–Crippen MR) is 91.9 cm³/mol. The summed E-state index contributed by atoms with van der Waals surface area (Å²) in [5.41, 5.74) is 6.85. The second-order valence-corrected chi connectivity index (χ2v) is 6.96. The van der Waals surface area contributed by atoms with Gasteiger partial charge in [0.05, 0.1) is 10.6 Å². The number of rotatable bonds is 4. The fourth-order valence-corrected chi connectivity index (χ4v) is 3.50. The Hall–Kier alpha value is -2.20. The van der Waals surface area contributed by atoms with Crippen LogP contribution < -0.4 is 20.7 Å². The molecule has 26 heavy (non-hydrogen) atoms. The number of nitrogens with one attached hydrogen (secondary N) is 1. The van der Waals surface area contributed by atoms with E-state index in [4.69, 9.17) is 10.5 Å². The van der Waals surface area contributed by atoms with Gasteiger partial charge in [0.25, 0.3) is 11.1 Å². The number of ether oxygens (including phenoxy) is 1. The van der Waals surface area contributed by atoms with E-state index in [0.29, 0.717) is 30.8 Å². The highest BCUT2D eigenvalue weighted by atomic mass is 32.2. The van der Waals surface area contributed by atoms with E-state index in [9.17, 15) is 22.8 Å². The van der Waals surface area contributed by atoms with Gasteiger partial charge in [-0.25, -0.2) is 0 Å². The van der Waals surface area contributed by atoms with E-state index in [-0.39, 0.29) is 16.7 Å².